The van der Waals surface area contributed by atoms with Crippen LogP contribution in [0.4, 0.5) is 5.82 Å². The lowest BCUT2D eigenvalue weighted by Crippen LogP contribution is -1.96. The van der Waals surface area contributed by atoms with Gasteiger partial charge in [-0.1, -0.05) is 11.6 Å². The lowest BCUT2D eigenvalue weighted by atomic mass is 10.7. The Hall–Kier alpha value is -1.16. The lowest BCUT2D eigenvalue weighted by molar-refractivity contribution is -0.105. The van der Waals surface area contributed by atoms with E-state index in [2.05, 4.69) is 15.3 Å². The highest BCUT2D eigenvalue weighted by atomic mass is 35.5. The fraction of sp³-hybridized carbons (Fsp3) is 0. The fourth-order valence-corrected chi connectivity index (χ4v) is 0.545. The second-order valence-corrected chi connectivity index (χ2v) is 1.87. The molecular weight excluding hydrogens is 154 g/mol. The van der Waals surface area contributed by atoms with Crippen molar-refractivity contribution in [2.75, 3.05) is 5.32 Å². The summed E-state index contributed by atoms with van der Waals surface area (Å²) < 4.78 is 0. The van der Waals surface area contributed by atoms with Crippen LogP contribution in [-0.4, -0.2) is 16.4 Å². The van der Waals surface area contributed by atoms with Gasteiger partial charge in [0.2, 0.25) is 6.41 Å². The van der Waals surface area contributed by atoms with Gasteiger partial charge in [0, 0.05) is 0 Å². The number of hydrogen-bond acceptors (Lipinski definition) is 3. The summed E-state index contributed by atoms with van der Waals surface area (Å²) in [7, 11) is 0. The van der Waals surface area contributed by atoms with Gasteiger partial charge in [-0.3, -0.25) is 4.79 Å². The molecule has 0 atom stereocenters. The molecule has 0 saturated carbocycles. The van der Waals surface area contributed by atoms with Crippen LogP contribution in [0.1, 0.15) is 0 Å². The van der Waals surface area contributed by atoms with Crippen molar-refractivity contribution < 1.29 is 4.79 Å². The van der Waals surface area contributed by atoms with E-state index in [4.69, 9.17) is 11.6 Å². The third-order valence-corrected chi connectivity index (χ3v) is 1.02. The van der Waals surface area contributed by atoms with Gasteiger partial charge in [0.25, 0.3) is 0 Å². The summed E-state index contributed by atoms with van der Waals surface area (Å²) in [4.78, 5) is 17.3. The van der Waals surface area contributed by atoms with Crippen LogP contribution in [0.5, 0.6) is 0 Å². The molecule has 1 amide bonds. The maximum Gasteiger partial charge on any atom is 0.212 e. The number of halogens is 1. The molecule has 1 N–H and O–H groups in total. The van der Waals surface area contributed by atoms with E-state index in [1.807, 2.05) is 0 Å². The zero-order chi connectivity index (χ0) is 7.40. The van der Waals surface area contributed by atoms with Gasteiger partial charge in [-0.15, -0.1) is 0 Å². The van der Waals surface area contributed by atoms with Crippen molar-refractivity contribution in [3.63, 3.8) is 0 Å². The first-order chi connectivity index (χ1) is 4.83. The third kappa shape index (κ3) is 1.66. The molecule has 0 aliphatic heterocycles. The molecule has 1 aromatic heterocycles. The molecule has 1 aromatic rings. The summed E-state index contributed by atoms with van der Waals surface area (Å²) in [5, 5.41) is 2.62. The van der Waals surface area contributed by atoms with E-state index in [9.17, 15) is 4.79 Å². The lowest BCUT2D eigenvalue weighted by Gasteiger charge is -1.93. The van der Waals surface area contributed by atoms with Crippen LogP contribution in [0.2, 0.25) is 5.15 Å². The first-order valence-corrected chi connectivity index (χ1v) is 2.88. The zero-order valence-corrected chi connectivity index (χ0v) is 5.67. The summed E-state index contributed by atoms with van der Waals surface area (Å²) in [6, 6.07) is 0. The van der Waals surface area contributed by atoms with E-state index in [1.165, 1.54) is 12.4 Å². The van der Waals surface area contributed by atoms with Crippen LogP contribution in [0, 0.1) is 0 Å². The van der Waals surface area contributed by atoms with Crippen LogP contribution in [0.15, 0.2) is 12.4 Å². The number of carbonyl (C=O) groups is 1. The standard InChI is InChI=1S/C5H4ClN3O/c6-4-1-8-5(2-7-4)9-3-10/h1-3H,(H,8,9,10). The van der Waals surface area contributed by atoms with Crippen molar-refractivity contribution in [2.45, 2.75) is 0 Å². The summed E-state index contributed by atoms with van der Waals surface area (Å²) in [6.07, 6.45) is 3.25. The molecule has 4 nitrogen and oxygen atoms in total. The molecule has 0 radical (unpaired) electrons. The Bertz CT molecular complexity index is 223. The van der Waals surface area contributed by atoms with Crippen LogP contribution in [-0.2, 0) is 4.79 Å². The molecule has 0 spiro atoms. The van der Waals surface area contributed by atoms with Gasteiger partial charge in [-0.05, 0) is 0 Å². The molecule has 1 heterocycles. The minimum Gasteiger partial charge on any atom is -0.312 e. The number of nitrogens with one attached hydrogen (secondary N) is 1. The van der Waals surface area contributed by atoms with E-state index < -0.39 is 0 Å². The van der Waals surface area contributed by atoms with Crippen LogP contribution >= 0.6 is 11.6 Å². The molecule has 10 heavy (non-hydrogen) atoms. The molecule has 0 saturated heterocycles. The molecular formula is C5H4ClN3O. The molecule has 0 unspecified atom stereocenters. The summed E-state index contributed by atoms with van der Waals surface area (Å²) in [5.74, 6) is 0.388. The number of hydrogen-bond donors (Lipinski definition) is 1. The Morgan fingerprint density at radius 2 is 2.30 bits per heavy atom. The number of amides is 1. The van der Waals surface area contributed by atoms with E-state index in [0.29, 0.717) is 17.4 Å². The molecule has 1 rings (SSSR count). The molecule has 0 fully saturated rings. The van der Waals surface area contributed by atoms with Gasteiger partial charge >= 0.3 is 0 Å². The van der Waals surface area contributed by atoms with Crippen molar-refractivity contribution in [1.29, 1.82) is 0 Å². The molecule has 0 aliphatic rings. The van der Waals surface area contributed by atoms with Crippen molar-refractivity contribution >= 4 is 23.8 Å². The van der Waals surface area contributed by atoms with Gasteiger partial charge in [0.15, 0.2) is 5.82 Å². The van der Waals surface area contributed by atoms with Crippen molar-refractivity contribution in [3.05, 3.63) is 17.5 Å². The highest BCUT2D eigenvalue weighted by Crippen LogP contribution is 2.03. The van der Waals surface area contributed by atoms with E-state index in [0.717, 1.165) is 0 Å². The fourth-order valence-electron chi connectivity index (χ4n) is 0.447. The zero-order valence-electron chi connectivity index (χ0n) is 4.91. The average Bonchev–Trinajstić information content (AvgIpc) is 1.95. The highest BCUT2D eigenvalue weighted by Gasteiger charge is 1.90. The number of rotatable bonds is 2. The smallest absolute Gasteiger partial charge is 0.212 e. The summed E-state index contributed by atoms with van der Waals surface area (Å²) in [6.45, 7) is 0. The van der Waals surface area contributed by atoms with Gasteiger partial charge in [0.05, 0.1) is 12.4 Å². The number of carbonyl (C=O) groups excluding carboxylic acids is 1. The average molecular weight is 158 g/mol. The largest absolute Gasteiger partial charge is 0.312 e. The van der Waals surface area contributed by atoms with Crippen LogP contribution in [0.3, 0.4) is 0 Å². The van der Waals surface area contributed by atoms with Gasteiger partial charge in [0.1, 0.15) is 5.15 Å². The number of anilines is 1. The summed E-state index contributed by atoms with van der Waals surface area (Å²) >= 11 is 5.42. The molecule has 0 bridgehead atoms. The Morgan fingerprint density at radius 3 is 2.80 bits per heavy atom. The number of aromatic nitrogens is 2. The van der Waals surface area contributed by atoms with E-state index in [-0.39, 0.29) is 0 Å². The molecule has 5 heteroatoms. The second kappa shape index (κ2) is 3.12. The highest BCUT2D eigenvalue weighted by molar-refractivity contribution is 6.29. The maximum absolute atomic E-state index is 9.85. The van der Waals surface area contributed by atoms with Crippen LogP contribution in [0.25, 0.3) is 0 Å². The minimum absolute atomic E-state index is 0.302. The second-order valence-electron chi connectivity index (χ2n) is 1.49. The SMILES string of the molecule is O=CNc1cnc(Cl)cn1. The first-order valence-electron chi connectivity index (χ1n) is 2.50. The quantitative estimate of drug-likeness (QED) is 0.643. The third-order valence-electron chi connectivity index (χ3n) is 0.827. The Balaban J connectivity index is 2.78. The van der Waals surface area contributed by atoms with Crippen LogP contribution < -0.4 is 5.32 Å². The molecule has 0 aromatic carbocycles. The predicted molar refractivity (Wildman–Crippen MR) is 36.7 cm³/mol. The van der Waals surface area contributed by atoms with Gasteiger partial charge in [-0.25, -0.2) is 9.97 Å². The summed E-state index contributed by atoms with van der Waals surface area (Å²) in [5.41, 5.74) is 0. The van der Waals surface area contributed by atoms with Crippen molar-refractivity contribution in [2.24, 2.45) is 0 Å². The monoisotopic (exact) mass is 157 g/mol. The normalized spacial score (nSPS) is 8.90. The Labute approximate surface area is 62.3 Å². The first kappa shape index (κ1) is 6.95. The van der Waals surface area contributed by atoms with E-state index in [1.54, 1.807) is 0 Å². The molecule has 0 aliphatic carbocycles. The maximum atomic E-state index is 9.85. The van der Waals surface area contributed by atoms with Gasteiger partial charge in [-0.2, -0.15) is 0 Å². The molecule has 52 valence electrons. The van der Waals surface area contributed by atoms with Crippen molar-refractivity contribution in [3.8, 4) is 0 Å². The van der Waals surface area contributed by atoms with Gasteiger partial charge < -0.3 is 5.32 Å². The Kier molecular flexibility index (Phi) is 2.17. The number of nitrogens with zero attached hydrogens (tertiary/aromatic N) is 2. The van der Waals surface area contributed by atoms with E-state index >= 15 is 0 Å². The predicted octanol–water partition coefficient (Wildman–Crippen LogP) is 0.698. The Morgan fingerprint density at radius 1 is 1.50 bits per heavy atom. The minimum atomic E-state index is 0.302. The topological polar surface area (TPSA) is 54.9 Å². The van der Waals surface area contributed by atoms with Crippen molar-refractivity contribution in [1.82, 2.24) is 9.97 Å².